The van der Waals surface area contributed by atoms with Crippen molar-refractivity contribution in [2.24, 2.45) is 10.9 Å². The third kappa shape index (κ3) is 3.69. The Kier molecular flexibility index (Phi) is 3.83. The zero-order valence-corrected chi connectivity index (χ0v) is 11.6. The molecule has 1 saturated heterocycles. The fourth-order valence-electron chi connectivity index (χ4n) is 2.08. The van der Waals surface area contributed by atoms with Crippen LogP contribution in [0.2, 0.25) is 0 Å². The van der Waals surface area contributed by atoms with Gasteiger partial charge in [-0.2, -0.15) is 0 Å². The van der Waals surface area contributed by atoms with Crippen LogP contribution in [0.1, 0.15) is 52.9 Å². The number of aliphatic imine (C=N–C) groups is 1. The largest absolute Gasteiger partial charge is 0.360 e. The van der Waals surface area contributed by atoms with E-state index in [1.165, 1.54) is 43.0 Å². The summed E-state index contributed by atoms with van der Waals surface area (Å²) < 4.78 is 0. The summed E-state index contributed by atoms with van der Waals surface area (Å²) in [6.07, 6.45) is 6.60. The van der Waals surface area contributed by atoms with Gasteiger partial charge in [0.2, 0.25) is 0 Å². The molecule has 0 aromatic carbocycles. The van der Waals surface area contributed by atoms with Crippen molar-refractivity contribution in [3.63, 3.8) is 0 Å². The predicted octanol–water partition coefficient (Wildman–Crippen LogP) is 3.43. The lowest BCUT2D eigenvalue weighted by molar-refractivity contribution is 0.443. The lowest BCUT2D eigenvalue weighted by Gasteiger charge is -2.33. The minimum Gasteiger partial charge on any atom is -0.360 e. The summed E-state index contributed by atoms with van der Waals surface area (Å²) in [5, 5.41) is 4.75. The van der Waals surface area contributed by atoms with Crippen molar-refractivity contribution in [2.75, 3.05) is 5.75 Å². The zero-order valence-electron chi connectivity index (χ0n) is 10.8. The topological polar surface area (TPSA) is 24.4 Å². The Balaban J connectivity index is 1.92. The molecule has 0 radical (unpaired) electrons. The van der Waals surface area contributed by atoms with Crippen LogP contribution in [-0.4, -0.2) is 22.5 Å². The van der Waals surface area contributed by atoms with Crippen molar-refractivity contribution in [1.82, 2.24) is 5.32 Å². The molecular weight excluding hydrogens is 216 g/mol. The molecule has 92 valence electrons. The summed E-state index contributed by atoms with van der Waals surface area (Å²) in [6.45, 7) is 6.80. The van der Waals surface area contributed by atoms with E-state index in [0.717, 1.165) is 5.92 Å². The highest BCUT2D eigenvalue weighted by Crippen LogP contribution is 2.35. The van der Waals surface area contributed by atoms with E-state index in [0.29, 0.717) is 6.04 Å². The Morgan fingerprint density at radius 3 is 2.81 bits per heavy atom. The molecule has 2 rings (SSSR count). The molecule has 1 aliphatic carbocycles. The van der Waals surface area contributed by atoms with Gasteiger partial charge in [0, 0.05) is 11.3 Å². The summed E-state index contributed by atoms with van der Waals surface area (Å²) in [7, 11) is 0. The Labute approximate surface area is 104 Å². The van der Waals surface area contributed by atoms with Gasteiger partial charge in [0.05, 0.1) is 6.04 Å². The maximum atomic E-state index is 4.90. The number of amidine groups is 1. The molecule has 2 nitrogen and oxygen atoms in total. The maximum absolute atomic E-state index is 4.90. The molecule has 1 atom stereocenters. The average molecular weight is 240 g/mol. The normalized spacial score (nSPS) is 28.8. The van der Waals surface area contributed by atoms with Crippen LogP contribution < -0.4 is 5.32 Å². The van der Waals surface area contributed by atoms with Crippen LogP contribution in [0, 0.1) is 5.92 Å². The molecule has 0 spiro atoms. The Bertz CT molecular complexity index is 269. The minimum atomic E-state index is 0.238. The van der Waals surface area contributed by atoms with E-state index in [2.05, 4.69) is 26.1 Å². The summed E-state index contributed by atoms with van der Waals surface area (Å²) in [6, 6.07) is 0.552. The van der Waals surface area contributed by atoms with Crippen LogP contribution in [0.25, 0.3) is 0 Å². The molecule has 1 aliphatic heterocycles. The van der Waals surface area contributed by atoms with E-state index in [1.807, 2.05) is 11.8 Å². The molecule has 0 amide bonds. The van der Waals surface area contributed by atoms with E-state index >= 15 is 0 Å². The molecule has 0 aromatic heterocycles. The van der Waals surface area contributed by atoms with E-state index < -0.39 is 0 Å². The highest BCUT2D eigenvalue weighted by molar-refractivity contribution is 8.13. The monoisotopic (exact) mass is 240 g/mol. The molecule has 1 heterocycles. The summed E-state index contributed by atoms with van der Waals surface area (Å²) in [5.41, 5.74) is 0.238. The van der Waals surface area contributed by atoms with Crippen molar-refractivity contribution in [1.29, 1.82) is 0 Å². The van der Waals surface area contributed by atoms with Gasteiger partial charge in [0.1, 0.15) is 0 Å². The third-order valence-electron chi connectivity index (χ3n) is 3.48. The zero-order chi connectivity index (χ0) is 11.6. The van der Waals surface area contributed by atoms with Gasteiger partial charge in [-0.25, -0.2) is 0 Å². The van der Waals surface area contributed by atoms with Crippen LogP contribution in [0.4, 0.5) is 0 Å². The van der Waals surface area contributed by atoms with Crippen molar-refractivity contribution < 1.29 is 0 Å². The van der Waals surface area contributed by atoms with Gasteiger partial charge in [0.25, 0.3) is 0 Å². The van der Waals surface area contributed by atoms with Crippen LogP contribution in [-0.2, 0) is 0 Å². The van der Waals surface area contributed by atoms with Gasteiger partial charge in [-0.15, -0.1) is 0 Å². The SMILES string of the molecule is CCC(CC1CC1)N=C1NC(C)(C)CCS1. The van der Waals surface area contributed by atoms with E-state index in [1.54, 1.807) is 0 Å². The van der Waals surface area contributed by atoms with Gasteiger partial charge in [-0.05, 0) is 39.0 Å². The first-order valence-electron chi connectivity index (χ1n) is 6.58. The van der Waals surface area contributed by atoms with Gasteiger partial charge in [-0.1, -0.05) is 31.5 Å². The molecule has 1 N–H and O–H groups in total. The number of nitrogens with one attached hydrogen (secondary N) is 1. The van der Waals surface area contributed by atoms with Gasteiger partial charge >= 0.3 is 0 Å². The average Bonchev–Trinajstić information content (AvgIpc) is 2.99. The van der Waals surface area contributed by atoms with Crippen molar-refractivity contribution in [3.8, 4) is 0 Å². The molecule has 2 fully saturated rings. The maximum Gasteiger partial charge on any atom is 0.157 e. The first-order valence-corrected chi connectivity index (χ1v) is 7.56. The van der Waals surface area contributed by atoms with Crippen LogP contribution >= 0.6 is 11.8 Å². The van der Waals surface area contributed by atoms with Crippen molar-refractivity contribution in [3.05, 3.63) is 0 Å². The lowest BCUT2D eigenvalue weighted by Crippen LogP contribution is -2.46. The Hall–Kier alpha value is -0.180. The number of hydrogen-bond donors (Lipinski definition) is 1. The number of rotatable bonds is 4. The quantitative estimate of drug-likeness (QED) is 0.814. The van der Waals surface area contributed by atoms with E-state index in [4.69, 9.17) is 4.99 Å². The standard InChI is InChI=1S/C13H24N2S/c1-4-11(9-10-5-6-10)14-12-15-13(2,3)7-8-16-12/h10-11H,4-9H2,1-3H3,(H,14,15). The number of thioether (sulfide) groups is 1. The van der Waals surface area contributed by atoms with Crippen molar-refractivity contribution in [2.45, 2.75) is 64.5 Å². The number of nitrogens with zero attached hydrogens (tertiary/aromatic N) is 1. The molecule has 1 unspecified atom stereocenters. The summed E-state index contributed by atoms with van der Waals surface area (Å²) in [5.74, 6) is 2.19. The van der Waals surface area contributed by atoms with Crippen LogP contribution in [0.15, 0.2) is 4.99 Å². The molecule has 0 bridgehead atoms. The Morgan fingerprint density at radius 1 is 1.50 bits per heavy atom. The lowest BCUT2D eigenvalue weighted by atomic mass is 10.0. The highest BCUT2D eigenvalue weighted by atomic mass is 32.2. The number of hydrogen-bond acceptors (Lipinski definition) is 2. The van der Waals surface area contributed by atoms with Gasteiger partial charge in [-0.3, -0.25) is 4.99 Å². The molecule has 1 saturated carbocycles. The first kappa shape index (κ1) is 12.3. The van der Waals surface area contributed by atoms with Gasteiger partial charge < -0.3 is 5.32 Å². The fourth-order valence-corrected chi connectivity index (χ4v) is 3.45. The molecule has 0 aromatic rings. The second-order valence-corrected chi connectivity index (χ2v) is 6.87. The van der Waals surface area contributed by atoms with Crippen molar-refractivity contribution >= 4 is 16.9 Å². The van der Waals surface area contributed by atoms with E-state index in [9.17, 15) is 0 Å². The minimum absolute atomic E-state index is 0.238. The molecule has 16 heavy (non-hydrogen) atoms. The van der Waals surface area contributed by atoms with Gasteiger partial charge in [0.15, 0.2) is 5.17 Å². The smallest absolute Gasteiger partial charge is 0.157 e. The second-order valence-electron chi connectivity index (χ2n) is 5.78. The first-order chi connectivity index (χ1) is 7.59. The summed E-state index contributed by atoms with van der Waals surface area (Å²) >= 11 is 1.90. The van der Waals surface area contributed by atoms with Crippen LogP contribution in [0.5, 0.6) is 0 Å². The van der Waals surface area contributed by atoms with Crippen LogP contribution in [0.3, 0.4) is 0 Å². The third-order valence-corrected chi connectivity index (χ3v) is 4.37. The Morgan fingerprint density at radius 2 is 2.25 bits per heavy atom. The molecular formula is C13H24N2S. The predicted molar refractivity (Wildman–Crippen MR) is 73.1 cm³/mol. The van der Waals surface area contributed by atoms with E-state index in [-0.39, 0.29) is 5.54 Å². The molecule has 3 heteroatoms. The second kappa shape index (κ2) is 4.99. The molecule has 2 aliphatic rings. The fraction of sp³-hybridized carbons (Fsp3) is 0.923. The highest BCUT2D eigenvalue weighted by Gasteiger charge is 2.27. The summed E-state index contributed by atoms with van der Waals surface area (Å²) in [4.78, 5) is 4.90.